The molecule has 16 valence electrons. The van der Waals surface area contributed by atoms with Crippen molar-refractivity contribution < 1.29 is 0 Å². The van der Waals surface area contributed by atoms with Crippen molar-refractivity contribution >= 4 is 65.0 Å². The van der Waals surface area contributed by atoms with Gasteiger partial charge < -0.3 is 0 Å². The van der Waals surface area contributed by atoms with Crippen LogP contribution >= 0.6 is 9.90 Å². The van der Waals surface area contributed by atoms with E-state index < -0.39 is 0 Å². The molecule has 0 saturated heterocycles. The molecule has 0 saturated carbocycles. The zero-order valence-electron chi connectivity index (χ0n) is 2.05. The first-order chi connectivity index (χ1) is 0. The Hall–Kier alpha value is 2.16. The van der Waals surface area contributed by atoms with Crippen molar-refractivity contribution in [2.45, 2.75) is 0 Å². The minimum atomic E-state index is 0. The SMILES string of the molecule is [Al].[As].[Ga].[P]. The summed E-state index contributed by atoms with van der Waals surface area (Å²) in [5.74, 6) is 0. The first-order valence-corrected chi connectivity index (χ1v) is 0. The summed E-state index contributed by atoms with van der Waals surface area (Å²) in [6, 6.07) is 0. The molecule has 0 aliphatic heterocycles. The topological polar surface area (TPSA) is 0 Å². The monoisotopic (exact) mass is 202 g/mol. The smallest absolute Gasteiger partial charge is 0 e. The first-order valence-electron chi connectivity index (χ1n) is 0. The Morgan fingerprint density at radius 2 is 1.00 bits per heavy atom. The first kappa shape index (κ1) is 35.2. The zero-order valence-corrected chi connectivity index (χ0v) is 8.40. The van der Waals surface area contributed by atoms with Gasteiger partial charge in [-0.05, 0) is 0 Å². The molecule has 0 aromatic carbocycles. The quantitative estimate of drug-likeness (QED) is 0.375. The van der Waals surface area contributed by atoms with Crippen LogP contribution in [0.4, 0.5) is 0 Å². The van der Waals surface area contributed by atoms with Crippen molar-refractivity contribution in [2.75, 3.05) is 0 Å². The van der Waals surface area contributed by atoms with E-state index in [1.165, 1.54) is 0 Å². The van der Waals surface area contributed by atoms with Crippen LogP contribution < -0.4 is 0 Å². The maximum atomic E-state index is 0. The van der Waals surface area contributed by atoms with Crippen LogP contribution in [0.3, 0.4) is 0 Å². The Morgan fingerprint density at radius 1 is 1.00 bits per heavy atom. The van der Waals surface area contributed by atoms with Gasteiger partial charge in [-0.2, -0.15) is 0 Å². The second-order valence-corrected chi connectivity index (χ2v) is 0. The predicted molar refractivity (Wildman–Crippen MR) is 24.2 cm³/mol. The van der Waals surface area contributed by atoms with Crippen LogP contribution in [-0.2, 0) is 0 Å². The molecule has 0 unspecified atom stereocenters. The van der Waals surface area contributed by atoms with Crippen LogP contribution in [0.1, 0.15) is 0 Å². The van der Waals surface area contributed by atoms with Gasteiger partial charge in [-0.3, -0.25) is 0 Å². The molecule has 0 rings (SSSR count). The number of hydrogen-bond acceptors (Lipinski definition) is 0. The standard InChI is InChI=1S/Al.As.Ga.P. The van der Waals surface area contributed by atoms with Gasteiger partial charge >= 0.3 is 0 Å². The van der Waals surface area contributed by atoms with Gasteiger partial charge in [0.2, 0.25) is 0 Å². The van der Waals surface area contributed by atoms with E-state index in [4.69, 9.17) is 0 Å². The maximum absolute atomic E-state index is 0. The Kier molecular flexibility index (Phi) is 168. The predicted octanol–water partition coefficient (Wildman–Crippen LogP) is -0.281. The molecule has 0 spiro atoms. The Labute approximate surface area is 64.6 Å². The molecular weight excluding hydrogens is 203 g/mol. The van der Waals surface area contributed by atoms with Crippen LogP contribution in [0.15, 0.2) is 0 Å². The molecule has 0 heterocycles. The van der Waals surface area contributed by atoms with E-state index >= 15 is 0 Å². The fraction of sp³-hybridized carbons (Fsp3) is 0. The summed E-state index contributed by atoms with van der Waals surface area (Å²) in [5.41, 5.74) is 0. The third-order valence-electron chi connectivity index (χ3n) is 0. The van der Waals surface area contributed by atoms with E-state index in [0.29, 0.717) is 0 Å². The van der Waals surface area contributed by atoms with Gasteiger partial charge in [0.15, 0.2) is 0 Å². The molecule has 0 nitrogen and oxygen atoms in total. The minimum absolute atomic E-state index is 0. The van der Waals surface area contributed by atoms with Crippen LogP contribution in [0.25, 0.3) is 0 Å². The van der Waals surface area contributed by atoms with E-state index in [2.05, 4.69) is 0 Å². The van der Waals surface area contributed by atoms with E-state index in [9.17, 15) is 0 Å². The van der Waals surface area contributed by atoms with Crippen LogP contribution in [0.2, 0.25) is 0 Å². The fourth-order valence-corrected chi connectivity index (χ4v) is 0. The largest absolute Gasteiger partial charge is 0 e. The van der Waals surface area contributed by atoms with E-state index in [-0.39, 0.29) is 65.0 Å². The van der Waals surface area contributed by atoms with Crippen LogP contribution in [0.5, 0.6) is 0 Å². The minimum Gasteiger partial charge on any atom is 0 e. The van der Waals surface area contributed by atoms with Crippen LogP contribution in [0, 0.1) is 0 Å². The molecule has 0 aliphatic carbocycles. The Balaban J connectivity index is 0. The fourth-order valence-electron chi connectivity index (χ4n) is 0. The van der Waals surface area contributed by atoms with Crippen molar-refractivity contribution in [1.82, 2.24) is 0 Å². The number of hydrogen-bond donors (Lipinski definition) is 0. The van der Waals surface area contributed by atoms with Crippen molar-refractivity contribution in [2.24, 2.45) is 0 Å². The molecule has 12 radical (unpaired) electrons. The molecule has 0 atom stereocenters. The summed E-state index contributed by atoms with van der Waals surface area (Å²) in [7, 11) is 0. The third-order valence-corrected chi connectivity index (χ3v) is 0. The normalized spacial score (nSPS) is 0. The van der Waals surface area contributed by atoms with Gasteiger partial charge in [-0.1, -0.05) is 0 Å². The van der Waals surface area contributed by atoms with Gasteiger partial charge in [-0.25, -0.2) is 0 Å². The van der Waals surface area contributed by atoms with Gasteiger partial charge in [0.25, 0.3) is 0 Å². The molecule has 0 aliphatic rings. The average Bonchev–Trinajstić information content (AvgIpc) is 0. The van der Waals surface area contributed by atoms with E-state index in [1.807, 2.05) is 0 Å². The van der Waals surface area contributed by atoms with E-state index in [1.54, 1.807) is 0 Å². The van der Waals surface area contributed by atoms with Gasteiger partial charge in [-0.15, -0.1) is 0 Å². The molecule has 0 aromatic heterocycles. The second-order valence-electron chi connectivity index (χ2n) is 0. The molecular formula is AlAsGaP. The molecule has 0 bridgehead atoms. The molecule has 0 amide bonds. The molecule has 0 fully saturated rings. The average molecular weight is 203 g/mol. The summed E-state index contributed by atoms with van der Waals surface area (Å²) in [5, 5.41) is 0. The van der Waals surface area contributed by atoms with Crippen molar-refractivity contribution in [1.29, 1.82) is 0 Å². The summed E-state index contributed by atoms with van der Waals surface area (Å²) >= 11 is 0. The van der Waals surface area contributed by atoms with Crippen LogP contribution in [-0.4, -0.2) is 55.1 Å². The maximum Gasteiger partial charge on any atom is 0 e. The summed E-state index contributed by atoms with van der Waals surface area (Å²) < 4.78 is 0. The van der Waals surface area contributed by atoms with Gasteiger partial charge in [0.1, 0.15) is 0 Å². The Bertz CT molecular complexity index is 8.00. The van der Waals surface area contributed by atoms with Crippen molar-refractivity contribution in [3.8, 4) is 0 Å². The Morgan fingerprint density at radius 3 is 1.00 bits per heavy atom. The van der Waals surface area contributed by atoms with E-state index in [0.717, 1.165) is 0 Å². The summed E-state index contributed by atoms with van der Waals surface area (Å²) in [4.78, 5) is 0. The molecule has 0 N–H and O–H groups in total. The van der Waals surface area contributed by atoms with Crippen molar-refractivity contribution in [3.63, 3.8) is 0 Å². The summed E-state index contributed by atoms with van der Waals surface area (Å²) in [6.45, 7) is 0. The molecule has 4 heavy (non-hydrogen) atoms. The van der Waals surface area contributed by atoms with Gasteiger partial charge in [0.05, 0.1) is 0 Å². The van der Waals surface area contributed by atoms with Crippen molar-refractivity contribution in [3.05, 3.63) is 0 Å². The zero-order chi connectivity index (χ0) is 0. The van der Waals surface area contributed by atoms with Gasteiger partial charge in [0, 0.05) is 65.0 Å². The molecule has 0 aromatic rings. The summed E-state index contributed by atoms with van der Waals surface area (Å²) in [6.07, 6.45) is 0. The molecule has 4 heteroatoms. The number of rotatable bonds is 0. The second kappa shape index (κ2) is 19.2. The third kappa shape index (κ3) is 8.90.